The van der Waals surface area contributed by atoms with Crippen molar-refractivity contribution >= 4 is 21.6 Å². The van der Waals surface area contributed by atoms with Crippen LogP contribution in [0.15, 0.2) is 34.9 Å². The summed E-state index contributed by atoms with van der Waals surface area (Å²) in [5, 5.41) is 4.33. The zero-order valence-electron chi connectivity index (χ0n) is 12.2. The summed E-state index contributed by atoms with van der Waals surface area (Å²) in [5.41, 5.74) is 1.37. The van der Waals surface area contributed by atoms with Gasteiger partial charge in [0.05, 0.1) is 17.5 Å². The molecule has 0 N–H and O–H groups in total. The molecule has 0 aliphatic carbocycles. The maximum Gasteiger partial charge on any atom is 0.219 e. The smallest absolute Gasteiger partial charge is 0.219 e. The second-order valence-corrected chi connectivity index (χ2v) is 7.82. The summed E-state index contributed by atoms with van der Waals surface area (Å²) in [6.07, 6.45) is 1.56. The topological polar surface area (TPSA) is 63.4 Å². The highest BCUT2D eigenvalue weighted by atomic mass is 35.5. The van der Waals surface area contributed by atoms with Crippen LogP contribution in [0.25, 0.3) is 0 Å². The summed E-state index contributed by atoms with van der Waals surface area (Å²) in [7, 11) is -3.46. The Kier molecular flexibility index (Phi) is 4.25. The lowest BCUT2D eigenvalue weighted by Gasteiger charge is -2.22. The normalized spacial score (nSPS) is 19.6. The molecule has 3 rings (SSSR count). The fourth-order valence-corrected chi connectivity index (χ4v) is 4.89. The molecule has 118 valence electrons. The minimum Gasteiger partial charge on any atom is -0.359 e. The molecule has 2 heterocycles. The highest BCUT2D eigenvalue weighted by Gasteiger charge is 2.37. The van der Waals surface area contributed by atoms with Crippen molar-refractivity contribution in [3.63, 3.8) is 0 Å². The number of hydrogen-bond acceptors (Lipinski definition) is 4. The predicted molar refractivity (Wildman–Crippen MR) is 84.0 cm³/mol. The summed E-state index contributed by atoms with van der Waals surface area (Å²) >= 11 is 6.08. The standard InChI is InChI=1S/C15H17ClN2O3S/c1-11-9-15(21-17-11)14-7-4-8-18(14)22(19,20)10-12-5-2-3-6-13(12)16/h2-3,5-6,9,14H,4,7-8,10H2,1H3. The maximum atomic E-state index is 12.8. The summed E-state index contributed by atoms with van der Waals surface area (Å²) in [6, 6.07) is 8.55. The molecule has 0 amide bonds. The Balaban J connectivity index is 1.86. The Hall–Kier alpha value is -1.37. The van der Waals surface area contributed by atoms with Crippen LogP contribution in [-0.2, 0) is 15.8 Å². The summed E-state index contributed by atoms with van der Waals surface area (Å²) in [4.78, 5) is 0. The van der Waals surface area contributed by atoms with Crippen LogP contribution in [0.2, 0.25) is 5.02 Å². The van der Waals surface area contributed by atoms with Gasteiger partial charge in [-0.1, -0.05) is 35.0 Å². The average molecular weight is 341 g/mol. The number of rotatable bonds is 4. The first kappa shape index (κ1) is 15.5. The van der Waals surface area contributed by atoms with Gasteiger partial charge in [0.15, 0.2) is 5.76 Å². The highest BCUT2D eigenvalue weighted by molar-refractivity contribution is 7.88. The van der Waals surface area contributed by atoms with E-state index in [9.17, 15) is 8.42 Å². The number of halogens is 1. The summed E-state index contributed by atoms with van der Waals surface area (Å²) < 4.78 is 32.3. The van der Waals surface area contributed by atoms with Crippen LogP contribution in [0, 0.1) is 6.92 Å². The fraction of sp³-hybridized carbons (Fsp3) is 0.400. The first-order chi connectivity index (χ1) is 10.5. The molecule has 1 aromatic heterocycles. The van der Waals surface area contributed by atoms with Gasteiger partial charge in [0.25, 0.3) is 0 Å². The lowest BCUT2D eigenvalue weighted by Crippen LogP contribution is -2.31. The predicted octanol–water partition coefficient (Wildman–Crippen LogP) is 3.30. The van der Waals surface area contributed by atoms with Gasteiger partial charge in [-0.3, -0.25) is 0 Å². The number of hydrogen-bond donors (Lipinski definition) is 0. The minimum atomic E-state index is -3.46. The fourth-order valence-electron chi connectivity index (χ4n) is 2.79. The van der Waals surface area contributed by atoms with Gasteiger partial charge in [0.1, 0.15) is 0 Å². The van der Waals surface area contributed by atoms with Gasteiger partial charge in [-0.25, -0.2) is 8.42 Å². The van der Waals surface area contributed by atoms with Crippen LogP contribution in [0.1, 0.15) is 35.9 Å². The third-order valence-corrected chi connectivity index (χ3v) is 6.03. The quantitative estimate of drug-likeness (QED) is 0.856. The van der Waals surface area contributed by atoms with Crippen LogP contribution < -0.4 is 0 Å². The van der Waals surface area contributed by atoms with E-state index in [1.54, 1.807) is 30.3 Å². The second-order valence-electron chi connectivity index (χ2n) is 5.49. The van der Waals surface area contributed by atoms with E-state index in [2.05, 4.69) is 5.16 Å². The van der Waals surface area contributed by atoms with Crippen molar-refractivity contribution in [3.05, 3.63) is 52.4 Å². The maximum absolute atomic E-state index is 12.8. The molecule has 0 radical (unpaired) electrons. The third-order valence-electron chi connectivity index (χ3n) is 3.83. The number of benzene rings is 1. The molecule has 7 heteroatoms. The molecule has 1 fully saturated rings. The Morgan fingerprint density at radius 1 is 1.41 bits per heavy atom. The van der Waals surface area contributed by atoms with E-state index < -0.39 is 10.0 Å². The van der Waals surface area contributed by atoms with Gasteiger partial charge in [-0.15, -0.1) is 0 Å². The average Bonchev–Trinajstić information content (AvgIpc) is 3.09. The Bertz CT molecular complexity index is 773. The number of sulfonamides is 1. The van der Waals surface area contributed by atoms with E-state index in [1.807, 2.05) is 6.92 Å². The van der Waals surface area contributed by atoms with Crippen LogP contribution >= 0.6 is 11.6 Å². The van der Waals surface area contributed by atoms with Crippen molar-refractivity contribution in [1.82, 2.24) is 9.46 Å². The van der Waals surface area contributed by atoms with Gasteiger partial charge in [-0.2, -0.15) is 4.31 Å². The largest absolute Gasteiger partial charge is 0.359 e. The van der Waals surface area contributed by atoms with Gasteiger partial charge in [0.2, 0.25) is 10.0 Å². The van der Waals surface area contributed by atoms with E-state index in [4.69, 9.17) is 16.1 Å². The number of aromatic nitrogens is 1. The van der Waals surface area contributed by atoms with E-state index in [0.717, 1.165) is 18.5 Å². The molecule has 0 bridgehead atoms. The molecule has 2 aromatic rings. The van der Waals surface area contributed by atoms with Crippen molar-refractivity contribution < 1.29 is 12.9 Å². The lowest BCUT2D eigenvalue weighted by atomic mass is 10.2. The monoisotopic (exact) mass is 340 g/mol. The van der Waals surface area contributed by atoms with Crippen LogP contribution in [0.5, 0.6) is 0 Å². The van der Waals surface area contributed by atoms with E-state index >= 15 is 0 Å². The molecule has 1 aliphatic rings. The third kappa shape index (κ3) is 3.04. The summed E-state index contributed by atoms with van der Waals surface area (Å²) in [5.74, 6) is 0.508. The van der Waals surface area contributed by atoms with Crippen molar-refractivity contribution in [2.75, 3.05) is 6.54 Å². The second kappa shape index (κ2) is 6.02. The number of nitrogens with zero attached hydrogens (tertiary/aromatic N) is 2. The molecule has 1 unspecified atom stereocenters. The van der Waals surface area contributed by atoms with Crippen LogP contribution in [0.4, 0.5) is 0 Å². The van der Waals surface area contributed by atoms with Gasteiger partial charge in [-0.05, 0) is 31.4 Å². The van der Waals surface area contributed by atoms with Gasteiger partial charge in [0, 0.05) is 17.6 Å². The van der Waals surface area contributed by atoms with Crippen molar-refractivity contribution in [3.8, 4) is 0 Å². The molecule has 1 aromatic carbocycles. The zero-order chi connectivity index (χ0) is 15.7. The van der Waals surface area contributed by atoms with Crippen molar-refractivity contribution in [1.29, 1.82) is 0 Å². The van der Waals surface area contributed by atoms with E-state index in [0.29, 0.717) is 22.9 Å². The Labute approximate surface area is 134 Å². The minimum absolute atomic E-state index is 0.101. The van der Waals surface area contributed by atoms with Crippen molar-refractivity contribution in [2.24, 2.45) is 0 Å². The molecule has 0 spiro atoms. The number of aryl methyl sites for hydroxylation is 1. The van der Waals surface area contributed by atoms with E-state index in [-0.39, 0.29) is 11.8 Å². The summed E-state index contributed by atoms with van der Waals surface area (Å²) in [6.45, 7) is 2.32. The molecule has 22 heavy (non-hydrogen) atoms. The van der Waals surface area contributed by atoms with E-state index in [1.165, 1.54) is 4.31 Å². The Morgan fingerprint density at radius 3 is 2.86 bits per heavy atom. The molecule has 1 aliphatic heterocycles. The van der Waals surface area contributed by atoms with Crippen LogP contribution in [-0.4, -0.2) is 24.4 Å². The molecule has 5 nitrogen and oxygen atoms in total. The van der Waals surface area contributed by atoms with Crippen molar-refractivity contribution in [2.45, 2.75) is 31.6 Å². The molecule has 1 atom stereocenters. The first-order valence-electron chi connectivity index (χ1n) is 7.13. The Morgan fingerprint density at radius 2 is 2.18 bits per heavy atom. The molecular formula is C15H17ClN2O3S. The first-order valence-corrected chi connectivity index (χ1v) is 9.12. The van der Waals surface area contributed by atoms with Gasteiger partial charge >= 0.3 is 0 Å². The molecule has 0 saturated carbocycles. The SMILES string of the molecule is Cc1cc(C2CCCN2S(=O)(=O)Cc2ccccc2Cl)on1. The molecule has 1 saturated heterocycles. The zero-order valence-corrected chi connectivity index (χ0v) is 13.8. The van der Waals surface area contributed by atoms with Crippen LogP contribution in [0.3, 0.4) is 0 Å². The lowest BCUT2D eigenvalue weighted by molar-refractivity contribution is 0.297. The molecular weight excluding hydrogens is 324 g/mol. The van der Waals surface area contributed by atoms with Gasteiger partial charge < -0.3 is 4.52 Å². The highest BCUT2D eigenvalue weighted by Crippen LogP contribution is 2.35.